The Bertz CT molecular complexity index is 719. The number of benzene rings is 2. The Morgan fingerprint density at radius 3 is 2.54 bits per heavy atom. The Morgan fingerprint density at radius 1 is 1.08 bits per heavy atom. The summed E-state index contributed by atoms with van der Waals surface area (Å²) in [6.45, 7) is 0.791. The molecule has 2 aromatic carbocycles. The van der Waals surface area contributed by atoms with Crippen LogP contribution >= 0.6 is 11.6 Å². The summed E-state index contributed by atoms with van der Waals surface area (Å²) in [5.41, 5.74) is 1.95. The van der Waals surface area contributed by atoms with Crippen molar-refractivity contribution >= 4 is 29.2 Å². The highest BCUT2D eigenvalue weighted by Gasteiger charge is 2.11. The molecule has 0 spiro atoms. The minimum atomic E-state index is -0.415. The van der Waals surface area contributed by atoms with Gasteiger partial charge in [-0.1, -0.05) is 41.9 Å². The van der Waals surface area contributed by atoms with Gasteiger partial charge in [0, 0.05) is 30.2 Å². The zero-order valence-electron chi connectivity index (χ0n) is 13.3. The summed E-state index contributed by atoms with van der Waals surface area (Å²) in [5, 5.41) is 6.53. The predicted octanol–water partition coefficient (Wildman–Crippen LogP) is 3.25. The summed E-state index contributed by atoms with van der Waals surface area (Å²) in [6.07, 6.45) is 0.278. The van der Waals surface area contributed by atoms with Gasteiger partial charge < -0.3 is 15.4 Å². The summed E-state index contributed by atoms with van der Waals surface area (Å²) in [6, 6.07) is 14.4. The van der Waals surface area contributed by atoms with Crippen LogP contribution in [0.1, 0.15) is 22.3 Å². The molecule has 0 aromatic heterocycles. The topological polar surface area (TPSA) is 67.4 Å². The Labute approximate surface area is 146 Å². The first-order valence-electron chi connectivity index (χ1n) is 7.53. The number of esters is 1. The van der Waals surface area contributed by atoms with Gasteiger partial charge in [0.1, 0.15) is 0 Å². The van der Waals surface area contributed by atoms with Crippen molar-refractivity contribution in [2.45, 2.75) is 13.0 Å². The van der Waals surface area contributed by atoms with Crippen molar-refractivity contribution in [3.63, 3.8) is 0 Å². The van der Waals surface area contributed by atoms with Gasteiger partial charge in [0.2, 0.25) is 5.91 Å². The number of amides is 1. The van der Waals surface area contributed by atoms with E-state index in [9.17, 15) is 9.59 Å². The van der Waals surface area contributed by atoms with Crippen LogP contribution in [-0.2, 0) is 16.1 Å². The van der Waals surface area contributed by atoms with E-state index in [1.807, 2.05) is 24.3 Å². The van der Waals surface area contributed by atoms with Gasteiger partial charge in [-0.25, -0.2) is 4.79 Å². The van der Waals surface area contributed by atoms with Crippen molar-refractivity contribution in [3.8, 4) is 0 Å². The fourth-order valence-electron chi connectivity index (χ4n) is 2.16. The van der Waals surface area contributed by atoms with Gasteiger partial charge in [-0.3, -0.25) is 4.79 Å². The van der Waals surface area contributed by atoms with E-state index in [-0.39, 0.29) is 12.3 Å². The predicted molar refractivity (Wildman–Crippen MR) is 94.2 cm³/mol. The molecule has 0 unspecified atom stereocenters. The largest absolute Gasteiger partial charge is 0.465 e. The van der Waals surface area contributed by atoms with Crippen LogP contribution < -0.4 is 10.6 Å². The molecule has 0 saturated carbocycles. The molecule has 0 aliphatic heterocycles. The molecule has 1 amide bonds. The molecule has 0 saturated heterocycles. The first-order valence-corrected chi connectivity index (χ1v) is 7.91. The van der Waals surface area contributed by atoms with Gasteiger partial charge in [0.05, 0.1) is 12.7 Å². The van der Waals surface area contributed by atoms with Crippen molar-refractivity contribution in [3.05, 3.63) is 64.7 Å². The minimum Gasteiger partial charge on any atom is -0.465 e. The Hall–Kier alpha value is -2.53. The summed E-state index contributed by atoms with van der Waals surface area (Å²) in [7, 11) is 1.33. The van der Waals surface area contributed by atoms with Crippen LogP contribution in [0.25, 0.3) is 0 Å². The van der Waals surface area contributed by atoms with Gasteiger partial charge in [-0.2, -0.15) is 0 Å². The maximum atomic E-state index is 11.9. The zero-order valence-corrected chi connectivity index (χ0v) is 14.1. The molecule has 0 heterocycles. The van der Waals surface area contributed by atoms with E-state index < -0.39 is 5.97 Å². The van der Waals surface area contributed by atoms with Crippen molar-refractivity contribution in [2.75, 3.05) is 19.0 Å². The first kappa shape index (κ1) is 17.8. The number of rotatable bonds is 7. The number of hydrogen-bond donors (Lipinski definition) is 2. The number of carbonyl (C=O) groups is 2. The summed E-state index contributed by atoms with van der Waals surface area (Å²) >= 11 is 6.05. The molecule has 0 fully saturated rings. The highest BCUT2D eigenvalue weighted by Crippen LogP contribution is 2.16. The average Bonchev–Trinajstić information content (AvgIpc) is 2.61. The molecule has 126 valence electrons. The highest BCUT2D eigenvalue weighted by molar-refractivity contribution is 6.31. The normalized spacial score (nSPS) is 10.1. The van der Waals surface area contributed by atoms with E-state index in [2.05, 4.69) is 10.6 Å². The summed E-state index contributed by atoms with van der Waals surface area (Å²) in [5.74, 6) is -0.515. The van der Waals surface area contributed by atoms with Gasteiger partial charge in [0.15, 0.2) is 0 Å². The van der Waals surface area contributed by atoms with Crippen LogP contribution in [0.15, 0.2) is 48.5 Å². The third kappa shape index (κ3) is 4.99. The molecule has 0 aliphatic rings. The van der Waals surface area contributed by atoms with Gasteiger partial charge in [0.25, 0.3) is 0 Å². The quantitative estimate of drug-likeness (QED) is 0.755. The molecular weight excluding hydrogens is 328 g/mol. The third-order valence-electron chi connectivity index (χ3n) is 3.43. The number of nitrogens with one attached hydrogen (secondary N) is 2. The van der Waals surface area contributed by atoms with Crippen LogP contribution in [0, 0.1) is 0 Å². The van der Waals surface area contributed by atoms with E-state index in [4.69, 9.17) is 16.3 Å². The van der Waals surface area contributed by atoms with Gasteiger partial charge in [-0.05, 0) is 23.8 Å². The van der Waals surface area contributed by atoms with E-state index in [0.29, 0.717) is 29.4 Å². The van der Waals surface area contributed by atoms with Crippen LogP contribution in [0.5, 0.6) is 0 Å². The fourth-order valence-corrected chi connectivity index (χ4v) is 2.36. The number of para-hydroxylation sites is 1. The number of ether oxygens (including phenoxy) is 1. The van der Waals surface area contributed by atoms with Crippen LogP contribution in [-0.4, -0.2) is 25.5 Å². The smallest absolute Gasteiger partial charge is 0.339 e. The lowest BCUT2D eigenvalue weighted by molar-refractivity contribution is -0.121. The average molecular weight is 347 g/mol. The van der Waals surface area contributed by atoms with Crippen LogP contribution in [0.4, 0.5) is 5.69 Å². The lowest BCUT2D eigenvalue weighted by Gasteiger charge is -2.11. The molecule has 24 heavy (non-hydrogen) atoms. The van der Waals surface area contributed by atoms with E-state index in [1.165, 1.54) is 7.11 Å². The monoisotopic (exact) mass is 346 g/mol. The second-order valence-electron chi connectivity index (χ2n) is 5.08. The van der Waals surface area contributed by atoms with Crippen molar-refractivity contribution < 1.29 is 14.3 Å². The van der Waals surface area contributed by atoms with Crippen molar-refractivity contribution in [1.29, 1.82) is 0 Å². The minimum absolute atomic E-state index is 0.0991. The maximum absolute atomic E-state index is 11.9. The number of methoxy groups -OCH3 is 1. The first-order chi connectivity index (χ1) is 11.6. The molecular formula is C18H19ClN2O3. The standard InChI is InChI=1S/C18H19ClN2O3/c1-24-18(23)14-7-3-5-9-16(14)20-11-10-17(22)21-12-13-6-2-4-8-15(13)19/h2-9,20H,10-12H2,1H3,(H,21,22). The lowest BCUT2D eigenvalue weighted by atomic mass is 10.1. The molecule has 2 N–H and O–H groups in total. The highest BCUT2D eigenvalue weighted by atomic mass is 35.5. The van der Waals surface area contributed by atoms with Crippen molar-refractivity contribution in [2.24, 2.45) is 0 Å². The number of anilines is 1. The summed E-state index contributed by atoms with van der Waals surface area (Å²) in [4.78, 5) is 23.6. The van der Waals surface area contributed by atoms with Gasteiger partial charge >= 0.3 is 5.97 Å². The zero-order chi connectivity index (χ0) is 17.4. The molecule has 0 bridgehead atoms. The SMILES string of the molecule is COC(=O)c1ccccc1NCCC(=O)NCc1ccccc1Cl. The molecule has 0 radical (unpaired) electrons. The molecule has 0 aliphatic carbocycles. The van der Waals surface area contributed by atoms with Crippen molar-refractivity contribution in [1.82, 2.24) is 5.32 Å². The Balaban J connectivity index is 1.81. The fraction of sp³-hybridized carbons (Fsp3) is 0.222. The summed E-state index contributed by atoms with van der Waals surface area (Å²) < 4.78 is 4.73. The Morgan fingerprint density at radius 2 is 1.79 bits per heavy atom. The second kappa shape index (κ2) is 8.93. The second-order valence-corrected chi connectivity index (χ2v) is 5.49. The lowest BCUT2D eigenvalue weighted by Crippen LogP contribution is -2.25. The van der Waals surface area contributed by atoms with Crippen LogP contribution in [0.2, 0.25) is 5.02 Å². The van der Waals surface area contributed by atoms with E-state index in [1.54, 1.807) is 24.3 Å². The van der Waals surface area contributed by atoms with E-state index >= 15 is 0 Å². The number of halogens is 1. The number of carbonyl (C=O) groups excluding carboxylic acids is 2. The molecule has 2 rings (SSSR count). The van der Waals surface area contributed by atoms with Gasteiger partial charge in [-0.15, -0.1) is 0 Å². The Kier molecular flexibility index (Phi) is 6.63. The molecule has 0 atom stereocenters. The molecule has 5 nitrogen and oxygen atoms in total. The third-order valence-corrected chi connectivity index (χ3v) is 3.80. The molecule has 2 aromatic rings. The van der Waals surface area contributed by atoms with E-state index in [0.717, 1.165) is 5.56 Å². The van der Waals surface area contributed by atoms with Crippen LogP contribution in [0.3, 0.4) is 0 Å². The molecule has 6 heteroatoms. The maximum Gasteiger partial charge on any atom is 0.339 e. The number of hydrogen-bond acceptors (Lipinski definition) is 4.